The van der Waals surface area contributed by atoms with Gasteiger partial charge in [0.25, 0.3) is 10.0 Å². The van der Waals surface area contributed by atoms with E-state index in [2.05, 4.69) is 4.72 Å². The number of amides is 1. The lowest BCUT2D eigenvalue weighted by Gasteiger charge is -2.26. The van der Waals surface area contributed by atoms with Crippen molar-refractivity contribution in [2.75, 3.05) is 16.2 Å². The Bertz CT molecular complexity index is 1250. The average Bonchev–Trinajstić information content (AvgIpc) is 3.01. The molecule has 0 unspecified atom stereocenters. The summed E-state index contributed by atoms with van der Waals surface area (Å²) in [6.07, 6.45) is 1.63. The Kier molecular flexibility index (Phi) is 4.40. The maximum absolute atomic E-state index is 13.3. The number of nitrogens with zero attached hydrogens (tertiary/aromatic N) is 1. The maximum Gasteiger partial charge on any atom is 0.261 e. The molecule has 152 valence electrons. The largest absolute Gasteiger partial charge is 0.311 e. The van der Waals surface area contributed by atoms with Crippen molar-refractivity contribution >= 4 is 27.3 Å². The fourth-order valence-corrected chi connectivity index (χ4v) is 5.63. The van der Waals surface area contributed by atoms with Crippen LogP contribution in [0, 0.1) is 0 Å². The van der Waals surface area contributed by atoms with Crippen molar-refractivity contribution in [3.8, 4) is 11.1 Å². The Balaban J connectivity index is 1.57. The molecule has 2 aliphatic rings. The first kappa shape index (κ1) is 18.9. The lowest BCUT2D eigenvalue weighted by molar-refractivity contribution is -0.119. The summed E-state index contributed by atoms with van der Waals surface area (Å²) in [7, 11) is -3.81. The normalized spacial score (nSPS) is 17.7. The van der Waals surface area contributed by atoms with Gasteiger partial charge >= 0.3 is 0 Å². The molecule has 1 amide bonds. The molecule has 5 rings (SSSR count). The molecule has 3 aromatic rings. The molecule has 3 aromatic carbocycles. The minimum atomic E-state index is -3.81. The van der Waals surface area contributed by atoms with Crippen molar-refractivity contribution in [3.63, 3.8) is 0 Å². The molecule has 2 aliphatic heterocycles. The number of nitrogens with one attached hydrogen (secondary N) is 1. The van der Waals surface area contributed by atoms with E-state index >= 15 is 0 Å². The number of aryl methyl sites for hydroxylation is 1. The van der Waals surface area contributed by atoms with Crippen molar-refractivity contribution < 1.29 is 13.2 Å². The van der Waals surface area contributed by atoms with Crippen molar-refractivity contribution in [2.45, 2.75) is 30.6 Å². The molecule has 0 bridgehead atoms. The van der Waals surface area contributed by atoms with E-state index in [9.17, 15) is 13.2 Å². The van der Waals surface area contributed by atoms with Crippen LogP contribution in [-0.2, 0) is 21.2 Å². The molecule has 6 heteroatoms. The van der Waals surface area contributed by atoms with Crippen LogP contribution in [0.5, 0.6) is 0 Å². The second-order valence-electron chi connectivity index (χ2n) is 7.85. The number of anilines is 2. The van der Waals surface area contributed by atoms with E-state index in [0.717, 1.165) is 40.8 Å². The first-order chi connectivity index (χ1) is 14.5. The van der Waals surface area contributed by atoms with Gasteiger partial charge in [-0.15, -0.1) is 0 Å². The van der Waals surface area contributed by atoms with Gasteiger partial charge in [-0.05, 0) is 54.7 Å². The summed E-state index contributed by atoms with van der Waals surface area (Å²) in [4.78, 5) is 14.6. The van der Waals surface area contributed by atoms with Gasteiger partial charge in [-0.3, -0.25) is 9.52 Å². The van der Waals surface area contributed by atoms with E-state index in [0.29, 0.717) is 12.2 Å². The van der Waals surface area contributed by atoms with Crippen LogP contribution in [0.25, 0.3) is 11.1 Å². The number of hydrogen-bond acceptors (Lipinski definition) is 3. The fourth-order valence-electron chi connectivity index (χ4n) is 4.47. The molecule has 1 N–H and O–H groups in total. The molecule has 30 heavy (non-hydrogen) atoms. The standard InChI is InChI=1S/C24H22N2O3S/c1-16-21-15-19(14-18-10-7-13-26(23(18)21)24(16)27)30(28,29)25-22-12-6-5-11-20(22)17-8-3-2-4-9-17/h2-6,8-9,11-12,14-16,25H,7,10,13H2,1H3/t16-/m0/s1. The van der Waals surface area contributed by atoms with Gasteiger partial charge in [0, 0.05) is 12.1 Å². The summed E-state index contributed by atoms with van der Waals surface area (Å²) < 4.78 is 29.4. The number of para-hydroxylation sites is 1. The number of rotatable bonds is 4. The summed E-state index contributed by atoms with van der Waals surface area (Å²) in [6, 6.07) is 20.5. The summed E-state index contributed by atoms with van der Waals surface area (Å²) >= 11 is 0. The van der Waals surface area contributed by atoms with Crippen molar-refractivity contribution in [1.29, 1.82) is 0 Å². The molecular weight excluding hydrogens is 396 g/mol. The van der Waals surface area contributed by atoms with Crippen LogP contribution in [0.2, 0.25) is 0 Å². The lowest BCUT2D eigenvalue weighted by Crippen LogP contribution is -2.32. The highest BCUT2D eigenvalue weighted by Gasteiger charge is 2.38. The molecule has 0 fully saturated rings. The topological polar surface area (TPSA) is 66.5 Å². The molecule has 2 heterocycles. The third-order valence-electron chi connectivity index (χ3n) is 5.96. The van der Waals surface area contributed by atoms with Gasteiger partial charge in [0.2, 0.25) is 5.91 Å². The van der Waals surface area contributed by atoms with Crippen molar-refractivity contribution in [1.82, 2.24) is 0 Å². The Morgan fingerprint density at radius 3 is 2.53 bits per heavy atom. The Labute approximate surface area is 176 Å². The van der Waals surface area contributed by atoms with E-state index in [1.807, 2.05) is 60.4 Å². The smallest absolute Gasteiger partial charge is 0.261 e. The number of sulfonamides is 1. The van der Waals surface area contributed by atoms with Crippen LogP contribution < -0.4 is 9.62 Å². The van der Waals surface area contributed by atoms with Gasteiger partial charge in [-0.25, -0.2) is 8.42 Å². The minimum absolute atomic E-state index is 0.0582. The fraction of sp³-hybridized carbons (Fsp3) is 0.208. The van der Waals surface area contributed by atoms with Crippen molar-refractivity contribution in [3.05, 3.63) is 77.9 Å². The number of benzene rings is 3. The summed E-state index contributed by atoms with van der Waals surface area (Å²) in [5, 5.41) is 0. The van der Waals surface area contributed by atoms with Crippen molar-refractivity contribution in [2.24, 2.45) is 0 Å². The molecular formula is C24H22N2O3S. The molecule has 1 atom stereocenters. The highest BCUT2D eigenvalue weighted by molar-refractivity contribution is 7.92. The van der Waals surface area contributed by atoms with E-state index < -0.39 is 10.0 Å². The predicted octanol–water partition coefficient (Wildman–Crippen LogP) is 4.55. The van der Waals surface area contributed by atoms with E-state index in [4.69, 9.17) is 0 Å². The van der Waals surface area contributed by atoms with Crippen LogP contribution in [-0.4, -0.2) is 20.9 Å². The van der Waals surface area contributed by atoms with Crippen LogP contribution in [0.3, 0.4) is 0 Å². The zero-order chi connectivity index (χ0) is 20.9. The molecule has 5 nitrogen and oxygen atoms in total. The zero-order valence-corrected chi connectivity index (χ0v) is 17.4. The average molecular weight is 419 g/mol. The molecule has 0 aromatic heterocycles. The molecule has 0 spiro atoms. The summed E-state index contributed by atoms with van der Waals surface area (Å²) in [6.45, 7) is 2.56. The SMILES string of the molecule is C[C@@H]1C(=O)N2CCCc3cc(S(=O)(=O)Nc4ccccc4-c4ccccc4)cc1c32. The second-order valence-corrected chi connectivity index (χ2v) is 9.53. The summed E-state index contributed by atoms with van der Waals surface area (Å²) in [5.74, 6) is -0.258. The number of carbonyl (C=O) groups excluding carboxylic acids is 1. The van der Waals surface area contributed by atoms with Crippen LogP contribution in [0.4, 0.5) is 11.4 Å². The van der Waals surface area contributed by atoms with Gasteiger partial charge < -0.3 is 4.90 Å². The minimum Gasteiger partial charge on any atom is -0.311 e. The monoisotopic (exact) mass is 418 g/mol. The van der Waals surface area contributed by atoms with E-state index in [-0.39, 0.29) is 16.7 Å². The third kappa shape index (κ3) is 2.99. The summed E-state index contributed by atoms with van der Waals surface area (Å²) in [5.41, 5.74) is 4.96. The molecule has 0 saturated heterocycles. The highest BCUT2D eigenvalue weighted by Crippen LogP contribution is 2.44. The second kappa shape index (κ2) is 6.99. The Morgan fingerprint density at radius 2 is 1.73 bits per heavy atom. The molecule has 0 saturated carbocycles. The first-order valence-electron chi connectivity index (χ1n) is 10.1. The van der Waals surface area contributed by atoms with Crippen LogP contribution >= 0.6 is 0 Å². The van der Waals surface area contributed by atoms with Gasteiger partial charge in [0.05, 0.1) is 22.2 Å². The van der Waals surface area contributed by atoms with E-state index in [1.165, 1.54) is 0 Å². The first-order valence-corrected chi connectivity index (χ1v) is 11.6. The Hall–Kier alpha value is -3.12. The van der Waals surface area contributed by atoms with Gasteiger partial charge in [-0.1, -0.05) is 48.5 Å². The Morgan fingerprint density at radius 1 is 1.00 bits per heavy atom. The van der Waals surface area contributed by atoms with Gasteiger partial charge in [0.1, 0.15) is 0 Å². The molecule has 0 aliphatic carbocycles. The van der Waals surface area contributed by atoms with Crippen LogP contribution in [0.1, 0.15) is 30.4 Å². The predicted molar refractivity (Wildman–Crippen MR) is 118 cm³/mol. The van der Waals surface area contributed by atoms with Crippen LogP contribution in [0.15, 0.2) is 71.6 Å². The number of carbonyl (C=O) groups is 1. The quantitative estimate of drug-likeness (QED) is 0.676. The van der Waals surface area contributed by atoms with Gasteiger partial charge in [0.15, 0.2) is 0 Å². The molecule has 0 radical (unpaired) electrons. The highest BCUT2D eigenvalue weighted by atomic mass is 32.2. The maximum atomic E-state index is 13.3. The number of hydrogen-bond donors (Lipinski definition) is 1. The van der Waals surface area contributed by atoms with E-state index in [1.54, 1.807) is 18.2 Å². The third-order valence-corrected chi connectivity index (χ3v) is 7.30. The zero-order valence-electron chi connectivity index (χ0n) is 16.6. The van der Waals surface area contributed by atoms with Gasteiger partial charge in [-0.2, -0.15) is 0 Å². The lowest BCUT2D eigenvalue weighted by atomic mass is 9.97.